The molecule has 5 rings (SSSR count). The summed E-state index contributed by atoms with van der Waals surface area (Å²) in [5.74, 6) is 1.91. The van der Waals surface area contributed by atoms with Crippen molar-refractivity contribution in [2.45, 2.75) is 26.4 Å². The second-order valence-electron chi connectivity index (χ2n) is 8.48. The van der Waals surface area contributed by atoms with E-state index in [2.05, 4.69) is 43.9 Å². The highest BCUT2D eigenvalue weighted by Crippen LogP contribution is 2.37. The van der Waals surface area contributed by atoms with E-state index in [0.717, 1.165) is 20.8 Å². The van der Waals surface area contributed by atoms with E-state index in [9.17, 15) is 4.79 Å². The first-order chi connectivity index (χ1) is 17.9. The lowest BCUT2D eigenvalue weighted by atomic mass is 10.2. The Labute approximate surface area is 230 Å². The van der Waals surface area contributed by atoms with Crippen LogP contribution in [0.5, 0.6) is 11.5 Å². The third-order valence-corrected chi connectivity index (χ3v) is 7.00. The van der Waals surface area contributed by atoms with Crippen molar-refractivity contribution in [1.82, 2.24) is 9.66 Å². The zero-order valence-corrected chi connectivity index (χ0v) is 23.5. The minimum Gasteiger partial charge on any atom is -0.493 e. The Kier molecular flexibility index (Phi) is 7.17. The normalized spacial score (nSPS) is 12.5. The van der Waals surface area contributed by atoms with Gasteiger partial charge in [-0.25, -0.2) is 4.98 Å². The number of rotatable bonds is 7. The second kappa shape index (κ2) is 10.5. The number of fused-ring (bicyclic) bond motifs is 2. The molecule has 0 aliphatic rings. The number of aromatic nitrogens is 2. The van der Waals surface area contributed by atoms with Crippen molar-refractivity contribution >= 4 is 59.9 Å². The molecule has 5 aromatic rings. The lowest BCUT2D eigenvalue weighted by Crippen LogP contribution is -2.20. The molecule has 188 valence electrons. The molecule has 0 aliphatic carbocycles. The number of furan rings is 1. The van der Waals surface area contributed by atoms with Crippen LogP contribution in [0.15, 0.2) is 83.9 Å². The van der Waals surface area contributed by atoms with Gasteiger partial charge < -0.3 is 13.9 Å². The fourth-order valence-corrected chi connectivity index (χ4v) is 4.78. The largest absolute Gasteiger partial charge is 0.493 e. The van der Waals surface area contributed by atoms with Gasteiger partial charge >= 0.3 is 0 Å². The molecular formula is C28H23Br2N3O4. The smallest absolute Gasteiger partial charge is 0.282 e. The summed E-state index contributed by atoms with van der Waals surface area (Å²) in [6.45, 7) is 4.05. The molecule has 0 aliphatic heterocycles. The summed E-state index contributed by atoms with van der Waals surface area (Å²) in [6, 6.07) is 18.4. The van der Waals surface area contributed by atoms with Gasteiger partial charge in [-0.05, 0) is 83.4 Å². The number of hydrogen-bond donors (Lipinski definition) is 0. The quantitative estimate of drug-likeness (QED) is 0.176. The van der Waals surface area contributed by atoms with Crippen LogP contribution in [-0.2, 0) is 0 Å². The predicted molar refractivity (Wildman–Crippen MR) is 153 cm³/mol. The number of hydrogen-bond acceptors (Lipinski definition) is 6. The van der Waals surface area contributed by atoms with E-state index >= 15 is 0 Å². The summed E-state index contributed by atoms with van der Waals surface area (Å²) in [7, 11) is 1.59. The van der Waals surface area contributed by atoms with Crippen LogP contribution in [0.3, 0.4) is 0 Å². The summed E-state index contributed by atoms with van der Waals surface area (Å²) < 4.78 is 20.6. The molecular weight excluding hydrogens is 602 g/mol. The van der Waals surface area contributed by atoms with Crippen molar-refractivity contribution in [2.75, 3.05) is 7.11 Å². The Morgan fingerprint density at radius 2 is 1.95 bits per heavy atom. The van der Waals surface area contributed by atoms with Gasteiger partial charge in [0.1, 0.15) is 5.58 Å². The van der Waals surface area contributed by atoms with Crippen LogP contribution >= 0.6 is 31.9 Å². The molecule has 1 atom stereocenters. The highest BCUT2D eigenvalue weighted by molar-refractivity contribution is 9.10. The minimum absolute atomic E-state index is 0.0268. The topological polar surface area (TPSA) is 78.9 Å². The average molecular weight is 625 g/mol. The Morgan fingerprint density at radius 3 is 2.73 bits per heavy atom. The maximum absolute atomic E-state index is 13.5. The zero-order valence-electron chi connectivity index (χ0n) is 20.4. The van der Waals surface area contributed by atoms with Gasteiger partial charge in [0.25, 0.3) is 5.56 Å². The van der Waals surface area contributed by atoms with E-state index < -0.39 is 0 Å². The molecule has 0 bridgehead atoms. The molecule has 7 nitrogen and oxygen atoms in total. The molecule has 0 fully saturated rings. The van der Waals surface area contributed by atoms with E-state index in [1.807, 2.05) is 49.4 Å². The van der Waals surface area contributed by atoms with E-state index in [0.29, 0.717) is 45.1 Å². The van der Waals surface area contributed by atoms with Gasteiger partial charge in [0, 0.05) is 9.86 Å². The van der Waals surface area contributed by atoms with Gasteiger partial charge in [0.15, 0.2) is 17.3 Å². The van der Waals surface area contributed by atoms with Gasteiger partial charge in [0.05, 0.1) is 34.8 Å². The van der Waals surface area contributed by atoms with Gasteiger partial charge in [0.2, 0.25) is 5.82 Å². The van der Waals surface area contributed by atoms with Crippen molar-refractivity contribution < 1.29 is 13.9 Å². The summed E-state index contributed by atoms with van der Waals surface area (Å²) in [6.07, 6.45) is 2.47. The van der Waals surface area contributed by atoms with Crippen LogP contribution in [0.2, 0.25) is 0 Å². The third kappa shape index (κ3) is 5.06. The standard InChI is InChI=1S/C28H23Br2N3O4/c1-4-16(2)36-26-21(30)11-17(12-24(26)35-3)15-31-33-27(32-22-8-6-5-7-20(22)28(33)34)25-14-18-13-19(29)9-10-23(18)37-25/h5-16H,4H2,1-3H3/t16-/m0/s1. The van der Waals surface area contributed by atoms with Crippen LogP contribution in [0.4, 0.5) is 0 Å². The number of methoxy groups -OCH3 is 1. The molecule has 0 saturated heterocycles. The molecule has 0 radical (unpaired) electrons. The SMILES string of the molecule is CC[C@H](C)Oc1c(Br)cc(C=Nn2c(-c3cc4cc(Br)ccc4o3)nc3ccccc3c2=O)cc1OC. The molecule has 0 saturated carbocycles. The number of nitrogens with zero attached hydrogens (tertiary/aromatic N) is 3. The van der Waals surface area contributed by atoms with Gasteiger partial charge in [-0.1, -0.05) is 35.0 Å². The van der Waals surface area contributed by atoms with Crippen molar-refractivity contribution in [3.8, 4) is 23.1 Å². The summed E-state index contributed by atoms with van der Waals surface area (Å²) in [4.78, 5) is 18.3. The molecule has 0 spiro atoms. The van der Waals surface area contributed by atoms with Crippen LogP contribution in [0.25, 0.3) is 33.5 Å². The van der Waals surface area contributed by atoms with E-state index in [4.69, 9.17) is 18.9 Å². The molecule has 37 heavy (non-hydrogen) atoms. The Balaban J connectivity index is 1.64. The first-order valence-electron chi connectivity index (χ1n) is 11.7. The Bertz CT molecular complexity index is 1710. The van der Waals surface area contributed by atoms with E-state index in [-0.39, 0.29) is 11.7 Å². The summed E-state index contributed by atoms with van der Waals surface area (Å²) >= 11 is 7.07. The maximum atomic E-state index is 13.5. The molecule has 2 heterocycles. The molecule has 9 heteroatoms. The lowest BCUT2D eigenvalue weighted by Gasteiger charge is -2.17. The molecule has 3 aromatic carbocycles. The number of para-hydroxylation sites is 1. The highest BCUT2D eigenvalue weighted by atomic mass is 79.9. The van der Waals surface area contributed by atoms with Crippen molar-refractivity contribution in [2.24, 2.45) is 5.10 Å². The Hall–Kier alpha value is -3.43. The van der Waals surface area contributed by atoms with Gasteiger partial charge in [-0.15, -0.1) is 0 Å². The fourth-order valence-electron chi connectivity index (χ4n) is 3.85. The van der Waals surface area contributed by atoms with Gasteiger partial charge in [-0.2, -0.15) is 9.78 Å². The number of benzene rings is 3. The van der Waals surface area contributed by atoms with Crippen LogP contribution < -0.4 is 15.0 Å². The van der Waals surface area contributed by atoms with Crippen molar-refractivity contribution in [3.05, 3.63) is 85.5 Å². The van der Waals surface area contributed by atoms with Crippen molar-refractivity contribution in [3.63, 3.8) is 0 Å². The highest BCUT2D eigenvalue weighted by Gasteiger charge is 2.17. The van der Waals surface area contributed by atoms with Crippen LogP contribution in [0.1, 0.15) is 25.8 Å². The molecule has 0 unspecified atom stereocenters. The average Bonchev–Trinajstić information content (AvgIpc) is 3.32. The van der Waals surface area contributed by atoms with E-state index in [1.165, 1.54) is 4.68 Å². The molecule has 0 amide bonds. The van der Waals surface area contributed by atoms with E-state index in [1.54, 1.807) is 31.5 Å². The van der Waals surface area contributed by atoms with Gasteiger partial charge in [-0.3, -0.25) is 4.79 Å². The first-order valence-corrected chi connectivity index (χ1v) is 13.3. The molecule has 0 N–H and O–H groups in total. The number of ether oxygens (including phenoxy) is 2. The van der Waals surface area contributed by atoms with Crippen LogP contribution in [-0.4, -0.2) is 29.1 Å². The minimum atomic E-state index is -0.304. The summed E-state index contributed by atoms with van der Waals surface area (Å²) in [5.41, 5.74) is 1.65. The third-order valence-electron chi connectivity index (χ3n) is 5.92. The fraction of sp³-hybridized carbons (Fsp3) is 0.179. The molecule has 2 aromatic heterocycles. The second-order valence-corrected chi connectivity index (χ2v) is 10.2. The first kappa shape index (κ1) is 25.2. The lowest BCUT2D eigenvalue weighted by molar-refractivity contribution is 0.206. The summed E-state index contributed by atoms with van der Waals surface area (Å²) in [5, 5.41) is 5.88. The van der Waals surface area contributed by atoms with Crippen LogP contribution in [0, 0.1) is 0 Å². The maximum Gasteiger partial charge on any atom is 0.282 e. The monoisotopic (exact) mass is 623 g/mol. The Morgan fingerprint density at radius 1 is 1.14 bits per heavy atom. The predicted octanol–water partition coefficient (Wildman–Crippen LogP) is 7.40. The zero-order chi connectivity index (χ0) is 26.1. The van der Waals surface area contributed by atoms with Crippen molar-refractivity contribution in [1.29, 1.82) is 0 Å². The number of halogens is 2.